The topological polar surface area (TPSA) is 45.8 Å². The largest absolute Gasteiger partial charge is 0.301 e. The van der Waals surface area contributed by atoms with Gasteiger partial charge >= 0.3 is 0 Å². The molecule has 0 amide bonds. The Kier molecular flexibility index (Phi) is 4.44. The molecule has 0 atom stereocenters. The van der Waals surface area contributed by atoms with Crippen LogP contribution in [0.2, 0.25) is 0 Å². The first-order valence-corrected chi connectivity index (χ1v) is 8.40. The van der Waals surface area contributed by atoms with Crippen LogP contribution in [0.15, 0.2) is 40.3 Å². The van der Waals surface area contributed by atoms with Crippen molar-refractivity contribution in [3.8, 4) is 0 Å². The molecule has 0 radical (unpaired) electrons. The fourth-order valence-corrected chi connectivity index (χ4v) is 4.01. The molecule has 1 aliphatic carbocycles. The Morgan fingerprint density at radius 2 is 2.05 bits per heavy atom. The number of aromatic amines is 1. The molecule has 3 rings (SSSR count). The number of thioether (sulfide) groups is 1. The van der Waals surface area contributed by atoms with Crippen molar-refractivity contribution >= 4 is 11.8 Å². The molecular formula is C17H20N2OS. The summed E-state index contributed by atoms with van der Waals surface area (Å²) >= 11 is 1.73. The number of rotatable bonds is 4. The molecule has 1 aromatic heterocycles. The van der Waals surface area contributed by atoms with E-state index < -0.39 is 0 Å². The summed E-state index contributed by atoms with van der Waals surface area (Å²) in [5.41, 5.74) is 3.28. The van der Waals surface area contributed by atoms with Crippen molar-refractivity contribution in [1.29, 1.82) is 0 Å². The molecule has 1 aliphatic rings. The van der Waals surface area contributed by atoms with Crippen LogP contribution in [0, 0.1) is 6.92 Å². The van der Waals surface area contributed by atoms with Gasteiger partial charge in [0.25, 0.3) is 5.56 Å². The smallest absolute Gasteiger partial charge is 0.251 e. The maximum Gasteiger partial charge on any atom is 0.251 e. The van der Waals surface area contributed by atoms with Crippen LogP contribution in [0.3, 0.4) is 0 Å². The molecule has 0 spiro atoms. The zero-order chi connectivity index (χ0) is 14.7. The van der Waals surface area contributed by atoms with E-state index in [0.717, 1.165) is 17.3 Å². The molecule has 0 unspecified atom stereocenters. The van der Waals surface area contributed by atoms with E-state index in [1.54, 1.807) is 17.8 Å². The molecule has 0 saturated heterocycles. The molecule has 1 fully saturated rings. The van der Waals surface area contributed by atoms with Gasteiger partial charge in [-0.05, 0) is 30.9 Å². The van der Waals surface area contributed by atoms with Crippen molar-refractivity contribution in [3.63, 3.8) is 0 Å². The van der Waals surface area contributed by atoms with Crippen LogP contribution in [-0.4, -0.2) is 15.2 Å². The first kappa shape index (κ1) is 14.4. The Morgan fingerprint density at radius 1 is 1.29 bits per heavy atom. The number of aromatic nitrogens is 2. The van der Waals surface area contributed by atoms with Gasteiger partial charge in [-0.15, -0.1) is 0 Å². The van der Waals surface area contributed by atoms with Gasteiger partial charge in [-0.25, -0.2) is 4.98 Å². The van der Waals surface area contributed by atoms with Crippen molar-refractivity contribution in [1.82, 2.24) is 9.97 Å². The summed E-state index contributed by atoms with van der Waals surface area (Å²) in [6.45, 7) is 2.09. The lowest BCUT2D eigenvalue weighted by atomic mass is 10.0. The van der Waals surface area contributed by atoms with E-state index in [4.69, 9.17) is 0 Å². The SMILES string of the molecule is Cc1ccccc1Cc1cc(=O)[nH]c(SC2CCCC2)n1. The Balaban J connectivity index is 1.80. The normalized spacial score (nSPS) is 15.5. The van der Waals surface area contributed by atoms with Gasteiger partial charge in [0.15, 0.2) is 5.16 Å². The standard InChI is InChI=1S/C17H20N2OS/c1-12-6-2-3-7-13(12)10-14-11-16(20)19-17(18-14)21-15-8-4-5-9-15/h2-3,6-7,11,15H,4-5,8-10H2,1H3,(H,18,19,20). The van der Waals surface area contributed by atoms with Crippen LogP contribution in [0.25, 0.3) is 0 Å². The molecule has 0 bridgehead atoms. The molecule has 21 heavy (non-hydrogen) atoms. The van der Waals surface area contributed by atoms with Gasteiger partial charge in [-0.3, -0.25) is 4.79 Å². The minimum absolute atomic E-state index is 0.0471. The second-order valence-corrected chi connectivity index (χ2v) is 6.96. The third-order valence-electron chi connectivity index (χ3n) is 3.99. The molecule has 0 aliphatic heterocycles. The number of hydrogen-bond donors (Lipinski definition) is 1. The molecule has 1 aromatic carbocycles. The van der Waals surface area contributed by atoms with Gasteiger partial charge in [0.2, 0.25) is 0 Å². The minimum atomic E-state index is -0.0471. The fourth-order valence-electron chi connectivity index (χ4n) is 2.80. The van der Waals surface area contributed by atoms with Crippen LogP contribution in [0.4, 0.5) is 0 Å². The monoisotopic (exact) mass is 300 g/mol. The van der Waals surface area contributed by atoms with Crippen LogP contribution in [-0.2, 0) is 6.42 Å². The Morgan fingerprint density at radius 3 is 2.81 bits per heavy atom. The Labute approximate surface area is 129 Å². The summed E-state index contributed by atoms with van der Waals surface area (Å²) < 4.78 is 0. The van der Waals surface area contributed by atoms with Crippen molar-refractivity contribution in [2.45, 2.75) is 49.4 Å². The molecular weight excluding hydrogens is 280 g/mol. The molecule has 2 aromatic rings. The predicted molar refractivity (Wildman–Crippen MR) is 87.0 cm³/mol. The van der Waals surface area contributed by atoms with Crippen LogP contribution in [0.5, 0.6) is 0 Å². The lowest BCUT2D eigenvalue weighted by Gasteiger charge is -2.09. The summed E-state index contributed by atoms with van der Waals surface area (Å²) in [5.74, 6) is 0. The zero-order valence-corrected chi connectivity index (χ0v) is 13.1. The molecule has 1 heterocycles. The van der Waals surface area contributed by atoms with E-state index >= 15 is 0 Å². The van der Waals surface area contributed by atoms with E-state index in [9.17, 15) is 4.79 Å². The fraction of sp³-hybridized carbons (Fsp3) is 0.412. The zero-order valence-electron chi connectivity index (χ0n) is 12.3. The van der Waals surface area contributed by atoms with E-state index in [0.29, 0.717) is 5.25 Å². The van der Waals surface area contributed by atoms with Crippen LogP contribution >= 0.6 is 11.8 Å². The second kappa shape index (κ2) is 6.48. The van der Waals surface area contributed by atoms with Gasteiger partial charge in [0.1, 0.15) is 0 Å². The molecule has 1 N–H and O–H groups in total. The average molecular weight is 300 g/mol. The maximum atomic E-state index is 11.9. The highest BCUT2D eigenvalue weighted by Crippen LogP contribution is 2.32. The molecule has 4 heteroatoms. The second-order valence-electron chi connectivity index (χ2n) is 5.67. The number of aryl methyl sites for hydroxylation is 1. The molecule has 110 valence electrons. The molecule has 1 saturated carbocycles. The van der Waals surface area contributed by atoms with E-state index in [1.807, 2.05) is 12.1 Å². The van der Waals surface area contributed by atoms with E-state index in [-0.39, 0.29) is 5.56 Å². The third kappa shape index (κ3) is 3.76. The predicted octanol–water partition coefficient (Wildman–Crippen LogP) is 3.70. The Bertz CT molecular complexity index is 674. The first-order valence-electron chi connectivity index (χ1n) is 7.52. The Hall–Kier alpha value is -1.55. The number of H-pyrrole nitrogens is 1. The van der Waals surface area contributed by atoms with Gasteiger partial charge in [0, 0.05) is 17.7 Å². The summed E-state index contributed by atoms with van der Waals surface area (Å²) in [6, 6.07) is 9.87. The molecule has 3 nitrogen and oxygen atoms in total. The summed E-state index contributed by atoms with van der Waals surface area (Å²) in [4.78, 5) is 19.4. The average Bonchev–Trinajstić information content (AvgIpc) is 2.93. The van der Waals surface area contributed by atoms with Gasteiger partial charge < -0.3 is 4.98 Å². The van der Waals surface area contributed by atoms with E-state index in [2.05, 4.69) is 29.0 Å². The van der Waals surface area contributed by atoms with Crippen LogP contribution < -0.4 is 5.56 Å². The van der Waals surface area contributed by atoms with E-state index in [1.165, 1.54) is 36.8 Å². The van der Waals surface area contributed by atoms with Crippen molar-refractivity contribution < 1.29 is 0 Å². The summed E-state index contributed by atoms with van der Waals surface area (Å²) in [7, 11) is 0. The number of nitrogens with one attached hydrogen (secondary N) is 1. The van der Waals surface area contributed by atoms with Gasteiger partial charge in [0.05, 0.1) is 5.69 Å². The number of nitrogens with zero attached hydrogens (tertiary/aromatic N) is 1. The highest BCUT2D eigenvalue weighted by atomic mass is 32.2. The van der Waals surface area contributed by atoms with Crippen molar-refractivity contribution in [2.24, 2.45) is 0 Å². The minimum Gasteiger partial charge on any atom is -0.301 e. The van der Waals surface area contributed by atoms with Crippen molar-refractivity contribution in [3.05, 3.63) is 57.5 Å². The summed E-state index contributed by atoms with van der Waals surface area (Å²) in [5, 5.41) is 1.39. The highest BCUT2D eigenvalue weighted by molar-refractivity contribution is 7.99. The van der Waals surface area contributed by atoms with Gasteiger partial charge in [-0.2, -0.15) is 0 Å². The number of benzene rings is 1. The summed E-state index contributed by atoms with van der Waals surface area (Å²) in [6.07, 6.45) is 5.78. The number of hydrogen-bond acceptors (Lipinski definition) is 3. The third-order valence-corrected chi connectivity index (χ3v) is 5.21. The van der Waals surface area contributed by atoms with Crippen LogP contribution in [0.1, 0.15) is 42.5 Å². The first-order chi connectivity index (χ1) is 10.2. The lowest BCUT2D eigenvalue weighted by Crippen LogP contribution is -2.12. The van der Waals surface area contributed by atoms with Gasteiger partial charge in [-0.1, -0.05) is 48.9 Å². The van der Waals surface area contributed by atoms with Crippen molar-refractivity contribution in [2.75, 3.05) is 0 Å². The highest BCUT2D eigenvalue weighted by Gasteiger charge is 2.17. The maximum absolute atomic E-state index is 11.9. The quantitative estimate of drug-likeness (QED) is 0.876. The lowest BCUT2D eigenvalue weighted by molar-refractivity contribution is 0.851.